The van der Waals surface area contributed by atoms with Crippen molar-refractivity contribution in [3.05, 3.63) is 34.9 Å². The molecule has 0 amide bonds. The molecular weight excluding hydrogens is 244 g/mol. The molecule has 0 aliphatic heterocycles. The van der Waals surface area contributed by atoms with Crippen molar-refractivity contribution >= 4 is 11.9 Å². The van der Waals surface area contributed by atoms with Gasteiger partial charge in [0.05, 0.1) is 20.1 Å². The molecule has 0 spiro atoms. The molecule has 0 atom stereocenters. The number of aryl methyl sites for hydroxylation is 1. The molecule has 0 heterocycles. The van der Waals surface area contributed by atoms with E-state index in [9.17, 15) is 9.59 Å². The van der Waals surface area contributed by atoms with Crippen molar-refractivity contribution in [2.45, 2.75) is 33.1 Å². The van der Waals surface area contributed by atoms with Crippen LogP contribution in [0.4, 0.5) is 0 Å². The predicted molar refractivity (Wildman–Crippen MR) is 71.9 cm³/mol. The standard InChI is InChI=1S/C15H20O4/c1-4-19-14(16)9-8-13-11(2)6-5-7-12(13)10-15(17)18-3/h5-7H,4,8-10H2,1-3H3. The van der Waals surface area contributed by atoms with Crippen molar-refractivity contribution in [3.63, 3.8) is 0 Å². The Balaban J connectivity index is 2.80. The van der Waals surface area contributed by atoms with Gasteiger partial charge in [0.25, 0.3) is 0 Å². The maximum Gasteiger partial charge on any atom is 0.309 e. The monoisotopic (exact) mass is 264 g/mol. The lowest BCUT2D eigenvalue weighted by Gasteiger charge is -2.11. The average molecular weight is 264 g/mol. The van der Waals surface area contributed by atoms with E-state index in [1.165, 1.54) is 7.11 Å². The van der Waals surface area contributed by atoms with Gasteiger partial charge in [-0.05, 0) is 37.0 Å². The van der Waals surface area contributed by atoms with Crippen molar-refractivity contribution in [2.75, 3.05) is 13.7 Å². The lowest BCUT2D eigenvalue weighted by Crippen LogP contribution is -2.10. The number of hydrogen-bond acceptors (Lipinski definition) is 4. The molecule has 0 aliphatic carbocycles. The highest BCUT2D eigenvalue weighted by Gasteiger charge is 2.12. The van der Waals surface area contributed by atoms with Crippen LogP contribution in [-0.2, 0) is 31.9 Å². The zero-order valence-electron chi connectivity index (χ0n) is 11.7. The van der Waals surface area contributed by atoms with Crippen LogP contribution < -0.4 is 0 Å². The summed E-state index contributed by atoms with van der Waals surface area (Å²) in [6, 6.07) is 5.77. The summed E-state index contributed by atoms with van der Waals surface area (Å²) in [5.41, 5.74) is 3.02. The summed E-state index contributed by atoms with van der Waals surface area (Å²) >= 11 is 0. The number of rotatable bonds is 6. The number of hydrogen-bond donors (Lipinski definition) is 0. The van der Waals surface area contributed by atoms with Gasteiger partial charge in [0.2, 0.25) is 0 Å². The molecular formula is C15H20O4. The van der Waals surface area contributed by atoms with Gasteiger partial charge in [-0.15, -0.1) is 0 Å². The maximum atomic E-state index is 11.4. The van der Waals surface area contributed by atoms with Crippen molar-refractivity contribution in [1.82, 2.24) is 0 Å². The zero-order chi connectivity index (χ0) is 14.3. The smallest absolute Gasteiger partial charge is 0.309 e. The Morgan fingerprint density at radius 2 is 1.95 bits per heavy atom. The topological polar surface area (TPSA) is 52.6 Å². The molecule has 0 saturated heterocycles. The van der Waals surface area contributed by atoms with Crippen LogP contribution in [0.25, 0.3) is 0 Å². The van der Waals surface area contributed by atoms with E-state index in [1.807, 2.05) is 25.1 Å². The fourth-order valence-electron chi connectivity index (χ4n) is 1.97. The van der Waals surface area contributed by atoms with Crippen LogP contribution in [0.1, 0.15) is 30.0 Å². The van der Waals surface area contributed by atoms with Crippen molar-refractivity contribution in [3.8, 4) is 0 Å². The second-order valence-corrected chi connectivity index (χ2v) is 4.27. The first-order valence-corrected chi connectivity index (χ1v) is 6.38. The summed E-state index contributed by atoms with van der Waals surface area (Å²) in [5.74, 6) is -0.488. The summed E-state index contributed by atoms with van der Waals surface area (Å²) in [5, 5.41) is 0. The Morgan fingerprint density at radius 3 is 2.58 bits per heavy atom. The van der Waals surface area contributed by atoms with Crippen LogP contribution in [0.5, 0.6) is 0 Å². The minimum Gasteiger partial charge on any atom is -0.469 e. The fourth-order valence-corrected chi connectivity index (χ4v) is 1.97. The zero-order valence-corrected chi connectivity index (χ0v) is 11.7. The Hall–Kier alpha value is -1.84. The highest BCUT2D eigenvalue weighted by molar-refractivity contribution is 5.73. The van der Waals surface area contributed by atoms with E-state index >= 15 is 0 Å². The largest absolute Gasteiger partial charge is 0.469 e. The minimum atomic E-state index is -0.275. The highest BCUT2D eigenvalue weighted by atomic mass is 16.5. The number of benzene rings is 1. The van der Waals surface area contributed by atoms with Gasteiger partial charge >= 0.3 is 11.9 Å². The Bertz CT molecular complexity index is 451. The maximum absolute atomic E-state index is 11.4. The lowest BCUT2D eigenvalue weighted by molar-refractivity contribution is -0.143. The molecule has 0 N–H and O–H groups in total. The number of esters is 2. The summed E-state index contributed by atoms with van der Waals surface area (Å²) in [4.78, 5) is 22.8. The van der Waals surface area contributed by atoms with Crippen molar-refractivity contribution in [1.29, 1.82) is 0 Å². The number of carbonyl (C=O) groups excluding carboxylic acids is 2. The molecule has 0 bridgehead atoms. The number of methoxy groups -OCH3 is 1. The predicted octanol–water partition coefficient (Wildman–Crippen LogP) is 2.21. The second-order valence-electron chi connectivity index (χ2n) is 4.27. The second kappa shape index (κ2) is 7.56. The first-order chi connectivity index (χ1) is 9.08. The van der Waals surface area contributed by atoms with Gasteiger partial charge in [0.1, 0.15) is 0 Å². The van der Waals surface area contributed by atoms with E-state index in [0.29, 0.717) is 19.4 Å². The van der Waals surface area contributed by atoms with Gasteiger partial charge < -0.3 is 9.47 Å². The minimum absolute atomic E-state index is 0.213. The first kappa shape index (κ1) is 15.2. The number of ether oxygens (including phenoxy) is 2. The molecule has 4 heteroatoms. The van der Waals surface area contributed by atoms with Gasteiger partial charge in [-0.2, -0.15) is 0 Å². The summed E-state index contributed by atoms with van der Waals surface area (Å²) in [6.45, 7) is 4.15. The van der Waals surface area contributed by atoms with Crippen LogP contribution >= 0.6 is 0 Å². The SMILES string of the molecule is CCOC(=O)CCc1c(C)cccc1CC(=O)OC. The van der Waals surface area contributed by atoms with Crippen LogP contribution in [0, 0.1) is 6.92 Å². The molecule has 104 valence electrons. The third-order valence-corrected chi connectivity index (χ3v) is 2.95. The van der Waals surface area contributed by atoms with E-state index in [-0.39, 0.29) is 18.4 Å². The van der Waals surface area contributed by atoms with Gasteiger partial charge in [-0.3, -0.25) is 9.59 Å². The molecule has 0 aromatic heterocycles. The molecule has 0 saturated carbocycles. The molecule has 0 unspecified atom stereocenters. The van der Waals surface area contributed by atoms with Crippen LogP contribution in [0.3, 0.4) is 0 Å². The van der Waals surface area contributed by atoms with Crippen molar-refractivity contribution in [2.24, 2.45) is 0 Å². The Morgan fingerprint density at radius 1 is 1.21 bits per heavy atom. The lowest BCUT2D eigenvalue weighted by atomic mass is 9.96. The van der Waals surface area contributed by atoms with E-state index < -0.39 is 0 Å². The molecule has 4 nitrogen and oxygen atoms in total. The molecule has 0 radical (unpaired) electrons. The van der Waals surface area contributed by atoms with Gasteiger partial charge in [0.15, 0.2) is 0 Å². The van der Waals surface area contributed by atoms with Gasteiger partial charge in [-0.1, -0.05) is 18.2 Å². The Kier molecular flexibility index (Phi) is 6.06. The van der Waals surface area contributed by atoms with E-state index in [1.54, 1.807) is 6.92 Å². The molecule has 1 aromatic carbocycles. The highest BCUT2D eigenvalue weighted by Crippen LogP contribution is 2.17. The molecule has 19 heavy (non-hydrogen) atoms. The van der Waals surface area contributed by atoms with Crippen LogP contribution in [0.15, 0.2) is 18.2 Å². The van der Waals surface area contributed by atoms with E-state index in [0.717, 1.165) is 16.7 Å². The molecule has 0 aliphatic rings. The Labute approximate surface area is 113 Å². The van der Waals surface area contributed by atoms with Crippen LogP contribution in [-0.4, -0.2) is 25.7 Å². The van der Waals surface area contributed by atoms with Crippen LogP contribution in [0.2, 0.25) is 0 Å². The van der Waals surface area contributed by atoms with Gasteiger partial charge in [0, 0.05) is 6.42 Å². The summed E-state index contributed by atoms with van der Waals surface area (Å²) in [7, 11) is 1.37. The average Bonchev–Trinajstić information content (AvgIpc) is 2.38. The fraction of sp³-hybridized carbons (Fsp3) is 0.467. The van der Waals surface area contributed by atoms with E-state index in [2.05, 4.69) is 4.74 Å². The quantitative estimate of drug-likeness (QED) is 0.739. The first-order valence-electron chi connectivity index (χ1n) is 6.38. The molecule has 0 fully saturated rings. The third-order valence-electron chi connectivity index (χ3n) is 2.95. The summed E-state index contributed by atoms with van der Waals surface area (Å²) < 4.78 is 9.60. The van der Waals surface area contributed by atoms with Crippen molar-refractivity contribution < 1.29 is 19.1 Å². The van der Waals surface area contributed by atoms with Gasteiger partial charge in [-0.25, -0.2) is 0 Å². The normalized spacial score (nSPS) is 10.1. The molecule has 1 aromatic rings. The summed E-state index contributed by atoms with van der Waals surface area (Å²) in [6.07, 6.45) is 1.14. The number of carbonyl (C=O) groups is 2. The van der Waals surface area contributed by atoms with E-state index in [4.69, 9.17) is 4.74 Å². The third kappa shape index (κ3) is 4.73. The molecule has 1 rings (SSSR count).